The maximum Gasteiger partial charge on any atom is 0.217 e. The monoisotopic (exact) mass is 298 g/mol. The molecule has 1 aromatic rings. The van der Waals surface area contributed by atoms with Crippen LogP contribution in [0.4, 0.5) is 5.82 Å². The molecule has 0 spiro atoms. The number of carbonyl (C=O) groups excluding carboxylic acids is 1. The zero-order valence-corrected chi connectivity index (χ0v) is 11.3. The third kappa shape index (κ3) is 3.15. The second-order valence-electron chi connectivity index (χ2n) is 4.16. The summed E-state index contributed by atoms with van der Waals surface area (Å²) in [5.74, 6) is 0.980. The minimum Gasteiger partial charge on any atom is -0.355 e. The third-order valence-corrected chi connectivity index (χ3v) is 3.41. The van der Waals surface area contributed by atoms with Gasteiger partial charge in [0.15, 0.2) is 0 Å². The number of nitrogens with zero attached hydrogens (tertiary/aromatic N) is 3. The van der Waals surface area contributed by atoms with Gasteiger partial charge in [-0.1, -0.05) is 0 Å². The molecule has 1 saturated heterocycles. The van der Waals surface area contributed by atoms with Crippen molar-refractivity contribution in [2.24, 2.45) is 0 Å². The first-order valence-corrected chi connectivity index (χ1v) is 6.43. The van der Waals surface area contributed by atoms with Gasteiger partial charge in [0.25, 0.3) is 0 Å². The molecule has 1 aliphatic rings. The number of hydrogen-bond donors (Lipinski definition) is 1. The zero-order valence-electron chi connectivity index (χ0n) is 9.69. The lowest BCUT2D eigenvalue weighted by atomic mass is 10.1. The lowest BCUT2D eigenvalue weighted by Crippen LogP contribution is -2.44. The number of rotatable bonds is 2. The topological polar surface area (TPSA) is 58.1 Å². The lowest BCUT2D eigenvalue weighted by Gasteiger charge is -2.33. The molecule has 1 N–H and O–H groups in total. The predicted octanol–water partition coefficient (Wildman–Crippen LogP) is 1.34. The summed E-state index contributed by atoms with van der Waals surface area (Å²) in [4.78, 5) is 21.4. The average Bonchev–Trinajstić information content (AvgIpc) is 2.30. The number of anilines is 1. The van der Waals surface area contributed by atoms with E-state index in [0.29, 0.717) is 6.04 Å². The van der Waals surface area contributed by atoms with Crippen LogP contribution in [0, 0.1) is 0 Å². The Morgan fingerprint density at radius 2 is 2.24 bits per heavy atom. The summed E-state index contributed by atoms with van der Waals surface area (Å²) < 4.78 is 0.915. The van der Waals surface area contributed by atoms with Crippen molar-refractivity contribution in [1.29, 1.82) is 0 Å². The molecule has 1 fully saturated rings. The Bertz CT molecular complexity index is 404. The van der Waals surface area contributed by atoms with E-state index in [4.69, 9.17) is 0 Å². The van der Waals surface area contributed by atoms with Crippen molar-refractivity contribution >= 4 is 27.7 Å². The molecule has 17 heavy (non-hydrogen) atoms. The Morgan fingerprint density at radius 3 is 2.82 bits per heavy atom. The number of halogens is 1. The van der Waals surface area contributed by atoms with Crippen molar-refractivity contribution in [2.75, 3.05) is 18.0 Å². The molecule has 92 valence electrons. The first-order chi connectivity index (χ1) is 8.16. The van der Waals surface area contributed by atoms with Gasteiger partial charge in [-0.2, -0.15) is 0 Å². The van der Waals surface area contributed by atoms with Gasteiger partial charge in [-0.3, -0.25) is 4.79 Å². The van der Waals surface area contributed by atoms with Gasteiger partial charge in [0.1, 0.15) is 12.1 Å². The van der Waals surface area contributed by atoms with E-state index >= 15 is 0 Å². The van der Waals surface area contributed by atoms with Gasteiger partial charge in [0.2, 0.25) is 5.91 Å². The molecular weight excluding hydrogens is 284 g/mol. The van der Waals surface area contributed by atoms with Crippen LogP contribution in [0.1, 0.15) is 19.8 Å². The quantitative estimate of drug-likeness (QED) is 0.895. The molecule has 6 heteroatoms. The highest BCUT2D eigenvalue weighted by Crippen LogP contribution is 2.24. The summed E-state index contributed by atoms with van der Waals surface area (Å²) >= 11 is 3.45. The molecule has 0 radical (unpaired) electrons. The second-order valence-corrected chi connectivity index (χ2v) is 5.01. The number of aromatic nitrogens is 2. The number of nitrogens with one attached hydrogen (secondary N) is 1. The molecule has 0 saturated carbocycles. The summed E-state index contributed by atoms with van der Waals surface area (Å²) in [5, 5.41) is 2.96. The molecule has 0 bridgehead atoms. The van der Waals surface area contributed by atoms with Crippen molar-refractivity contribution < 1.29 is 4.79 Å². The van der Waals surface area contributed by atoms with Crippen LogP contribution in [0.25, 0.3) is 0 Å². The largest absolute Gasteiger partial charge is 0.355 e. The van der Waals surface area contributed by atoms with E-state index in [-0.39, 0.29) is 5.91 Å². The van der Waals surface area contributed by atoms with E-state index in [9.17, 15) is 4.79 Å². The van der Waals surface area contributed by atoms with E-state index < -0.39 is 0 Å². The Kier molecular flexibility index (Phi) is 3.93. The lowest BCUT2D eigenvalue weighted by molar-refractivity contribution is -0.119. The van der Waals surface area contributed by atoms with Crippen LogP contribution >= 0.6 is 15.9 Å². The van der Waals surface area contributed by atoms with Crippen LogP contribution in [0.15, 0.2) is 17.0 Å². The van der Waals surface area contributed by atoms with Gasteiger partial charge in [-0.25, -0.2) is 9.97 Å². The van der Waals surface area contributed by atoms with E-state index in [1.807, 2.05) is 0 Å². The highest BCUT2D eigenvalue weighted by Gasteiger charge is 2.21. The fourth-order valence-electron chi connectivity index (χ4n) is 2.06. The van der Waals surface area contributed by atoms with Crippen molar-refractivity contribution in [1.82, 2.24) is 15.3 Å². The van der Waals surface area contributed by atoms with Gasteiger partial charge in [0, 0.05) is 32.3 Å². The summed E-state index contributed by atoms with van der Waals surface area (Å²) in [6.45, 7) is 3.37. The van der Waals surface area contributed by atoms with E-state index in [2.05, 4.69) is 36.1 Å². The van der Waals surface area contributed by atoms with Crippen LogP contribution in [-0.2, 0) is 4.79 Å². The fraction of sp³-hybridized carbons (Fsp3) is 0.545. The summed E-state index contributed by atoms with van der Waals surface area (Å²) in [6, 6.07) is 0.296. The van der Waals surface area contributed by atoms with Crippen molar-refractivity contribution in [3.05, 3.63) is 17.0 Å². The minimum absolute atomic E-state index is 0.0478. The number of piperidine rings is 1. The number of carbonyl (C=O) groups is 1. The Balaban J connectivity index is 1.95. The molecule has 5 nitrogen and oxygen atoms in total. The second kappa shape index (κ2) is 5.44. The van der Waals surface area contributed by atoms with E-state index in [1.165, 1.54) is 0 Å². The molecule has 0 unspecified atom stereocenters. The fourth-order valence-corrected chi connectivity index (χ4v) is 2.53. The van der Waals surface area contributed by atoms with Crippen LogP contribution in [0.3, 0.4) is 0 Å². The molecule has 0 atom stereocenters. The van der Waals surface area contributed by atoms with Crippen molar-refractivity contribution in [2.45, 2.75) is 25.8 Å². The van der Waals surface area contributed by atoms with Gasteiger partial charge in [-0.05, 0) is 28.8 Å². The third-order valence-electron chi connectivity index (χ3n) is 2.85. The first-order valence-electron chi connectivity index (χ1n) is 5.64. The first kappa shape index (κ1) is 12.3. The minimum atomic E-state index is 0.0478. The normalized spacial score (nSPS) is 16.9. The maximum atomic E-state index is 11.0. The molecule has 0 aliphatic carbocycles. The van der Waals surface area contributed by atoms with Gasteiger partial charge >= 0.3 is 0 Å². The van der Waals surface area contributed by atoms with Crippen LogP contribution in [0.2, 0.25) is 0 Å². The van der Waals surface area contributed by atoms with Gasteiger partial charge in [0.05, 0.1) is 4.47 Å². The van der Waals surface area contributed by atoms with Crippen molar-refractivity contribution in [3.63, 3.8) is 0 Å². The summed E-state index contributed by atoms with van der Waals surface area (Å²) in [7, 11) is 0. The summed E-state index contributed by atoms with van der Waals surface area (Å²) in [5.41, 5.74) is 0. The molecule has 0 aromatic carbocycles. The zero-order chi connectivity index (χ0) is 12.3. The Labute approximate surface area is 109 Å². The smallest absolute Gasteiger partial charge is 0.217 e. The molecule has 2 rings (SSSR count). The number of amides is 1. The highest BCUT2D eigenvalue weighted by molar-refractivity contribution is 9.10. The van der Waals surface area contributed by atoms with E-state index in [0.717, 1.165) is 36.2 Å². The molecule has 1 aliphatic heterocycles. The Morgan fingerprint density at radius 1 is 1.53 bits per heavy atom. The van der Waals surface area contributed by atoms with Crippen LogP contribution in [0.5, 0.6) is 0 Å². The van der Waals surface area contributed by atoms with Gasteiger partial charge < -0.3 is 10.2 Å². The predicted molar refractivity (Wildman–Crippen MR) is 68.8 cm³/mol. The Hall–Kier alpha value is -1.17. The molecule has 1 aromatic heterocycles. The van der Waals surface area contributed by atoms with Gasteiger partial charge in [-0.15, -0.1) is 0 Å². The van der Waals surface area contributed by atoms with Crippen molar-refractivity contribution in [3.8, 4) is 0 Å². The average molecular weight is 299 g/mol. The standard InChI is InChI=1S/C11H15BrN4O/c1-8(17)15-9-2-4-16(5-3-9)11-10(12)6-13-7-14-11/h6-7,9H,2-5H2,1H3,(H,15,17). The van der Waals surface area contributed by atoms with Crippen LogP contribution < -0.4 is 10.2 Å². The molecular formula is C11H15BrN4O. The highest BCUT2D eigenvalue weighted by atomic mass is 79.9. The molecule has 2 heterocycles. The summed E-state index contributed by atoms with van der Waals surface area (Å²) in [6.07, 6.45) is 5.22. The maximum absolute atomic E-state index is 11.0. The molecule has 1 amide bonds. The van der Waals surface area contributed by atoms with E-state index in [1.54, 1.807) is 19.4 Å². The SMILES string of the molecule is CC(=O)NC1CCN(c2ncncc2Br)CC1. The number of hydrogen-bond acceptors (Lipinski definition) is 4. The van der Waals surface area contributed by atoms with Crippen LogP contribution in [-0.4, -0.2) is 35.0 Å².